The van der Waals surface area contributed by atoms with E-state index in [-0.39, 0.29) is 18.4 Å². The molecule has 0 saturated heterocycles. The largest absolute Gasteiger partial charge is 0.350 e. The molecule has 29 heavy (non-hydrogen) atoms. The number of aromatic amines is 1. The van der Waals surface area contributed by atoms with E-state index < -0.39 is 0 Å². The number of carbonyl (C=O) groups is 2. The molecule has 0 unspecified atom stereocenters. The Balaban J connectivity index is 1.59. The van der Waals surface area contributed by atoms with Crippen LogP contribution in [0.4, 0.5) is 10.8 Å². The Morgan fingerprint density at radius 2 is 2.07 bits per heavy atom. The number of aromatic nitrogens is 3. The summed E-state index contributed by atoms with van der Waals surface area (Å²) >= 11 is 1.57. The summed E-state index contributed by atoms with van der Waals surface area (Å²) in [5.74, 6) is 1.55. The molecular weight excluding hydrogens is 388 g/mol. The van der Waals surface area contributed by atoms with Gasteiger partial charge in [0.25, 0.3) is 5.91 Å². The summed E-state index contributed by atoms with van der Waals surface area (Å²) in [5.41, 5.74) is 2.63. The summed E-state index contributed by atoms with van der Waals surface area (Å²) in [7, 11) is 1.70. The van der Waals surface area contributed by atoms with Crippen molar-refractivity contribution in [2.24, 2.45) is 0 Å². The fourth-order valence-corrected chi connectivity index (χ4v) is 5.67. The number of likely N-dealkylation sites (N-methyl/N-ethyl adjacent to an activating group) is 2. The van der Waals surface area contributed by atoms with Gasteiger partial charge in [0.1, 0.15) is 28.8 Å². The first-order valence-electron chi connectivity index (χ1n) is 9.75. The average molecular weight is 411 g/mol. The Labute approximate surface area is 172 Å². The molecule has 0 spiro atoms. The van der Waals surface area contributed by atoms with E-state index in [9.17, 15) is 9.59 Å². The van der Waals surface area contributed by atoms with Gasteiger partial charge in [-0.2, -0.15) is 0 Å². The lowest BCUT2D eigenvalue weighted by Gasteiger charge is -2.29. The summed E-state index contributed by atoms with van der Waals surface area (Å²) in [4.78, 5) is 44.6. The number of nitrogens with one attached hydrogen (secondary N) is 1. The third-order valence-corrected chi connectivity index (χ3v) is 6.88. The van der Waals surface area contributed by atoms with E-state index in [2.05, 4.69) is 14.9 Å². The van der Waals surface area contributed by atoms with Crippen LogP contribution in [0, 0.1) is 6.92 Å². The van der Waals surface area contributed by atoms with Crippen molar-refractivity contribution < 1.29 is 9.59 Å². The van der Waals surface area contributed by atoms with Crippen LogP contribution in [-0.2, 0) is 17.8 Å². The zero-order valence-corrected chi connectivity index (χ0v) is 17.5. The first kappa shape index (κ1) is 18.1. The molecule has 0 fully saturated rings. The number of hydrogen-bond donors (Lipinski definition) is 1. The van der Waals surface area contributed by atoms with Crippen molar-refractivity contribution in [2.45, 2.75) is 26.8 Å². The monoisotopic (exact) mass is 410 g/mol. The van der Waals surface area contributed by atoms with Gasteiger partial charge >= 0.3 is 0 Å². The minimum absolute atomic E-state index is 0.0296. The molecule has 2 aliphatic rings. The van der Waals surface area contributed by atoms with Crippen LogP contribution in [0.2, 0.25) is 0 Å². The first-order chi connectivity index (χ1) is 14.0. The Kier molecular flexibility index (Phi) is 4.09. The summed E-state index contributed by atoms with van der Waals surface area (Å²) in [6.07, 6.45) is 2.63. The third-order valence-electron chi connectivity index (χ3n) is 5.64. The molecule has 5 rings (SSSR count). The van der Waals surface area contributed by atoms with E-state index in [1.807, 2.05) is 26.1 Å². The third kappa shape index (κ3) is 2.71. The van der Waals surface area contributed by atoms with Crippen molar-refractivity contribution in [3.8, 4) is 0 Å². The molecule has 8 nitrogen and oxygen atoms in total. The van der Waals surface area contributed by atoms with Crippen molar-refractivity contribution in [3.63, 3.8) is 0 Å². The van der Waals surface area contributed by atoms with Crippen molar-refractivity contribution in [1.82, 2.24) is 19.9 Å². The van der Waals surface area contributed by atoms with Gasteiger partial charge in [-0.15, -0.1) is 11.3 Å². The van der Waals surface area contributed by atoms with Crippen LogP contribution >= 0.6 is 11.3 Å². The van der Waals surface area contributed by atoms with Gasteiger partial charge in [-0.25, -0.2) is 9.97 Å². The Morgan fingerprint density at radius 3 is 2.86 bits per heavy atom. The highest BCUT2D eigenvalue weighted by Crippen LogP contribution is 2.42. The van der Waals surface area contributed by atoms with Crippen molar-refractivity contribution in [2.75, 3.05) is 36.5 Å². The van der Waals surface area contributed by atoms with Crippen LogP contribution < -0.4 is 9.80 Å². The first-order valence-corrected chi connectivity index (χ1v) is 10.6. The fraction of sp³-hybridized carbons (Fsp3) is 0.400. The van der Waals surface area contributed by atoms with Crippen LogP contribution in [0.5, 0.6) is 0 Å². The number of carbonyl (C=O) groups excluding carboxylic acids is 2. The lowest BCUT2D eigenvalue weighted by molar-refractivity contribution is -0.118. The number of aryl methyl sites for hydroxylation is 1. The number of rotatable bonds is 2. The zero-order chi connectivity index (χ0) is 20.3. The Bertz CT molecular complexity index is 1150. The van der Waals surface area contributed by atoms with Crippen LogP contribution in [0.25, 0.3) is 11.0 Å². The highest BCUT2D eigenvalue weighted by atomic mass is 32.1. The number of fused-ring (bicyclic) bond motifs is 4. The molecule has 0 saturated carbocycles. The second-order valence-electron chi connectivity index (χ2n) is 7.49. The minimum atomic E-state index is -0.0545. The molecular formula is C20H22N6O2S. The van der Waals surface area contributed by atoms with Gasteiger partial charge in [-0.3, -0.25) is 9.59 Å². The maximum Gasteiger partial charge on any atom is 0.257 e. The molecule has 3 aromatic heterocycles. The molecule has 1 N–H and O–H groups in total. The predicted octanol–water partition coefficient (Wildman–Crippen LogP) is 2.33. The summed E-state index contributed by atoms with van der Waals surface area (Å²) in [6, 6.07) is 2.00. The second kappa shape index (κ2) is 6.55. The summed E-state index contributed by atoms with van der Waals surface area (Å²) in [5, 5.41) is 1.79. The number of amides is 2. The molecule has 2 aliphatic heterocycles. The van der Waals surface area contributed by atoms with Crippen LogP contribution in [0.15, 0.2) is 12.3 Å². The number of nitrogens with zero attached hydrogens (tertiary/aromatic N) is 5. The fourth-order valence-electron chi connectivity index (χ4n) is 4.24. The van der Waals surface area contributed by atoms with Gasteiger partial charge in [0, 0.05) is 31.2 Å². The molecule has 0 aliphatic carbocycles. The normalized spacial score (nSPS) is 17.0. The van der Waals surface area contributed by atoms with Crippen molar-refractivity contribution in [3.05, 3.63) is 34.1 Å². The number of hydrogen-bond acceptors (Lipinski definition) is 6. The van der Waals surface area contributed by atoms with Gasteiger partial charge in [-0.05, 0) is 31.9 Å². The Morgan fingerprint density at radius 1 is 1.24 bits per heavy atom. The van der Waals surface area contributed by atoms with E-state index in [1.165, 1.54) is 4.90 Å². The highest BCUT2D eigenvalue weighted by molar-refractivity contribution is 7.17. The lowest BCUT2D eigenvalue weighted by atomic mass is 10.0. The predicted molar refractivity (Wildman–Crippen MR) is 113 cm³/mol. The van der Waals surface area contributed by atoms with E-state index >= 15 is 0 Å². The standard InChI is InChI=1S/C20H22N6O2S/c1-4-26-15(27)10-24(3)19(28)16-12-6-8-25(9-14(12)29-20(16)26)18-13-5-7-21-17(13)22-11(2)23-18/h5,7H,4,6,8-10H2,1-3H3,(H,21,22,23). The molecule has 0 aromatic carbocycles. The average Bonchev–Trinajstić information content (AvgIpc) is 3.28. The molecule has 9 heteroatoms. The van der Waals surface area contributed by atoms with Crippen LogP contribution in [0.1, 0.15) is 33.5 Å². The van der Waals surface area contributed by atoms with Gasteiger partial charge in [0.2, 0.25) is 5.91 Å². The van der Waals surface area contributed by atoms with Gasteiger partial charge in [-0.1, -0.05) is 0 Å². The molecule has 0 bridgehead atoms. The van der Waals surface area contributed by atoms with Crippen LogP contribution in [-0.4, -0.2) is 58.3 Å². The molecule has 3 aromatic rings. The van der Waals surface area contributed by atoms with Crippen molar-refractivity contribution in [1.29, 1.82) is 0 Å². The molecule has 150 valence electrons. The SMILES string of the molecule is CCN1C(=O)CN(C)C(=O)c2c1sc1c2CCN(c2nc(C)nc3[nH]ccc23)C1. The number of anilines is 2. The van der Waals surface area contributed by atoms with E-state index in [1.54, 1.807) is 23.3 Å². The quantitative estimate of drug-likeness (QED) is 0.701. The highest BCUT2D eigenvalue weighted by Gasteiger charge is 2.36. The van der Waals surface area contributed by atoms with E-state index in [4.69, 9.17) is 4.98 Å². The topological polar surface area (TPSA) is 85.4 Å². The van der Waals surface area contributed by atoms with Gasteiger partial charge in [0.05, 0.1) is 17.5 Å². The molecule has 0 radical (unpaired) electrons. The summed E-state index contributed by atoms with van der Waals surface area (Å²) < 4.78 is 0. The zero-order valence-electron chi connectivity index (χ0n) is 16.7. The molecule has 2 amide bonds. The Hall–Kier alpha value is -2.94. The van der Waals surface area contributed by atoms with Crippen molar-refractivity contribution >= 4 is 45.0 Å². The maximum absolute atomic E-state index is 13.0. The molecule has 0 atom stereocenters. The van der Waals surface area contributed by atoms with Gasteiger partial charge in [0.15, 0.2) is 0 Å². The van der Waals surface area contributed by atoms with Crippen LogP contribution in [0.3, 0.4) is 0 Å². The smallest absolute Gasteiger partial charge is 0.257 e. The number of H-pyrrole nitrogens is 1. The van der Waals surface area contributed by atoms with E-state index in [0.717, 1.165) is 51.1 Å². The second-order valence-corrected chi connectivity index (χ2v) is 8.57. The molecule has 5 heterocycles. The van der Waals surface area contributed by atoms with Gasteiger partial charge < -0.3 is 19.7 Å². The number of thiophene rings is 1. The lowest BCUT2D eigenvalue weighted by Crippen LogP contribution is -2.37. The minimum Gasteiger partial charge on any atom is -0.350 e. The van der Waals surface area contributed by atoms with E-state index in [0.29, 0.717) is 18.7 Å². The summed E-state index contributed by atoms with van der Waals surface area (Å²) in [6.45, 7) is 5.97. The maximum atomic E-state index is 13.0.